The summed E-state index contributed by atoms with van der Waals surface area (Å²) in [7, 11) is -10.4. The second-order valence-electron chi connectivity index (χ2n) is 7.22. The first-order valence-electron chi connectivity index (χ1n) is 9.29. The van der Waals surface area contributed by atoms with Crippen molar-refractivity contribution in [3.05, 3.63) is 0 Å². The number of hydrogen-bond acceptors (Lipinski definition) is 17. The zero-order valence-corrected chi connectivity index (χ0v) is 19.0. The van der Waals surface area contributed by atoms with Gasteiger partial charge in [-0.25, -0.2) is 8.37 Å². The molecule has 0 aromatic rings. The van der Waals surface area contributed by atoms with Gasteiger partial charge in [0, 0.05) is 0 Å². The summed E-state index contributed by atoms with van der Waals surface area (Å²) in [6.45, 7) is -0.233. The Bertz CT molecular complexity index is 995. The van der Waals surface area contributed by atoms with Crippen LogP contribution in [0.4, 0.5) is 0 Å². The molecule has 21 heteroatoms. The monoisotopic (exact) mass is 555 g/mol. The van der Waals surface area contributed by atoms with Crippen molar-refractivity contribution in [1.29, 1.82) is 0 Å². The highest BCUT2D eigenvalue weighted by molar-refractivity contribution is 7.81. The number of carbonyl (C=O) groups is 1. The molecule has 0 aliphatic carbocycles. The molecule has 35 heavy (non-hydrogen) atoms. The SMILES string of the molecule is CC([O-])=N[C@H]1[C@@H](O[C@H]2[C@H](O)[C@@H](OS(=O)(=O)O)[C@H](O)O[C@H]2C(=O)[O-])O[C@H](COS(=O)(=O)O)[C@@H](O)[C@@H]1O. The number of rotatable bonds is 9. The Morgan fingerprint density at radius 2 is 1.54 bits per heavy atom. The second kappa shape index (κ2) is 11.2. The standard InChI is InChI=1S/C14H23NO18S2/c1-3(16)15-5-7(18)6(17)4(2-29-34(23,24)25)30-14(5)32-9-8(19)10(33-35(26,27)28)13(22)31-11(9)12(20)21/h4-11,13-14,17-19,22H,2H2,1H3,(H,15,16)(H,20,21)(H,23,24,25)(H,26,27,28)/p-2/t4-,5-,6-,7-,8+,9+,10-,11-,13-,14-/m1/s1. The summed E-state index contributed by atoms with van der Waals surface area (Å²) in [5.74, 6) is -3.09. The summed E-state index contributed by atoms with van der Waals surface area (Å²) < 4.78 is 84.4. The molecular formula is C14H21NO18S2-2. The fraction of sp³-hybridized carbons (Fsp3) is 0.857. The molecule has 2 heterocycles. The number of aliphatic carboxylic acids is 1. The van der Waals surface area contributed by atoms with Gasteiger partial charge in [-0.15, -0.1) is 0 Å². The number of carboxylic acid groups (broad SMARTS) is 1. The van der Waals surface area contributed by atoms with Crippen molar-refractivity contribution in [3.63, 3.8) is 0 Å². The third-order valence-corrected chi connectivity index (χ3v) is 5.57. The van der Waals surface area contributed by atoms with E-state index in [-0.39, 0.29) is 0 Å². The van der Waals surface area contributed by atoms with E-state index in [0.717, 1.165) is 6.92 Å². The Kier molecular flexibility index (Phi) is 9.48. The van der Waals surface area contributed by atoms with Gasteiger partial charge in [0.1, 0.15) is 42.7 Å². The van der Waals surface area contributed by atoms with Crippen LogP contribution < -0.4 is 10.2 Å². The second-order valence-corrected chi connectivity index (χ2v) is 9.36. The summed E-state index contributed by atoms with van der Waals surface area (Å²) >= 11 is 0. The van der Waals surface area contributed by atoms with Crippen molar-refractivity contribution in [2.75, 3.05) is 6.61 Å². The Hall–Kier alpha value is -1.60. The number of ether oxygens (including phenoxy) is 3. The highest BCUT2D eigenvalue weighted by Crippen LogP contribution is 2.31. The van der Waals surface area contributed by atoms with E-state index in [9.17, 15) is 52.3 Å². The van der Waals surface area contributed by atoms with Gasteiger partial charge < -0.3 is 49.6 Å². The molecule has 0 bridgehead atoms. The summed E-state index contributed by atoms with van der Waals surface area (Å²) in [6.07, 6.45) is -19.9. The van der Waals surface area contributed by atoms with Crippen LogP contribution in [0.1, 0.15) is 6.92 Å². The number of carbonyl (C=O) groups excluding carboxylic acids is 1. The number of aliphatic hydroxyl groups is 4. The van der Waals surface area contributed by atoms with E-state index in [1.54, 1.807) is 0 Å². The third kappa shape index (κ3) is 7.94. The minimum absolute atomic E-state index is 0.901. The number of hydrogen-bond donors (Lipinski definition) is 6. The number of carboxylic acids is 1. The van der Waals surface area contributed by atoms with Gasteiger partial charge in [-0.1, -0.05) is 0 Å². The van der Waals surface area contributed by atoms with Crippen molar-refractivity contribution < 1.29 is 84.0 Å². The van der Waals surface area contributed by atoms with Crippen molar-refractivity contribution in [2.45, 2.75) is 68.3 Å². The molecule has 2 aliphatic rings. The van der Waals surface area contributed by atoms with Crippen LogP contribution in [0.5, 0.6) is 0 Å². The zero-order valence-electron chi connectivity index (χ0n) is 17.3. The van der Waals surface area contributed by atoms with E-state index in [0.29, 0.717) is 0 Å². The van der Waals surface area contributed by atoms with Gasteiger partial charge in [-0.05, 0) is 12.8 Å². The van der Waals surface area contributed by atoms with Crippen LogP contribution in [0.25, 0.3) is 0 Å². The van der Waals surface area contributed by atoms with Crippen molar-refractivity contribution >= 4 is 32.7 Å². The molecule has 19 nitrogen and oxygen atoms in total. The van der Waals surface area contributed by atoms with E-state index in [2.05, 4.69) is 18.1 Å². The first-order valence-corrected chi connectivity index (χ1v) is 12.0. The lowest BCUT2D eigenvalue weighted by atomic mass is 9.95. The molecule has 6 N–H and O–H groups in total. The lowest BCUT2D eigenvalue weighted by molar-refractivity contribution is -0.362. The summed E-state index contributed by atoms with van der Waals surface area (Å²) in [4.78, 5) is 14.9. The summed E-state index contributed by atoms with van der Waals surface area (Å²) in [5.41, 5.74) is 0. The Labute approximate surface area is 197 Å². The molecule has 0 amide bonds. The fourth-order valence-corrected chi connectivity index (χ4v) is 4.04. The molecule has 0 unspecified atom stereocenters. The van der Waals surface area contributed by atoms with Gasteiger partial charge in [0.25, 0.3) is 0 Å². The molecule has 10 atom stereocenters. The molecule has 0 spiro atoms. The maximum Gasteiger partial charge on any atom is 0.397 e. The Morgan fingerprint density at radius 3 is 2.03 bits per heavy atom. The van der Waals surface area contributed by atoms with E-state index in [1.807, 2.05) is 0 Å². The molecule has 2 rings (SSSR count). The lowest BCUT2D eigenvalue weighted by Crippen LogP contribution is -2.66. The number of aliphatic imine (C=N–C) groups is 1. The Balaban J connectivity index is 2.40. The van der Waals surface area contributed by atoms with Crippen LogP contribution in [0, 0.1) is 0 Å². The van der Waals surface area contributed by atoms with Crippen molar-refractivity contribution in [2.24, 2.45) is 4.99 Å². The highest BCUT2D eigenvalue weighted by atomic mass is 32.3. The van der Waals surface area contributed by atoms with Crippen molar-refractivity contribution in [3.8, 4) is 0 Å². The first-order chi connectivity index (χ1) is 15.9. The van der Waals surface area contributed by atoms with E-state index in [1.165, 1.54) is 0 Å². The lowest BCUT2D eigenvalue weighted by Gasteiger charge is -2.46. The van der Waals surface area contributed by atoms with Gasteiger partial charge in [0.05, 0.1) is 12.6 Å². The smallest absolute Gasteiger partial charge is 0.397 e. The van der Waals surface area contributed by atoms with Crippen LogP contribution in [-0.2, 0) is 48.2 Å². The van der Waals surface area contributed by atoms with Crippen molar-refractivity contribution in [1.82, 2.24) is 0 Å². The Morgan fingerprint density at radius 1 is 0.943 bits per heavy atom. The normalized spacial score (nSPS) is 39.3. The average molecular weight is 555 g/mol. The topological polar surface area (TPSA) is 311 Å². The van der Waals surface area contributed by atoms with E-state index in [4.69, 9.17) is 18.6 Å². The molecule has 2 fully saturated rings. The van der Waals surface area contributed by atoms with E-state index < -0.39 is 101 Å². The summed E-state index contributed by atoms with van der Waals surface area (Å²) in [5, 5.41) is 63.7. The minimum atomic E-state index is -5.34. The predicted molar refractivity (Wildman–Crippen MR) is 98.3 cm³/mol. The zero-order chi connectivity index (χ0) is 26.9. The van der Waals surface area contributed by atoms with Crippen LogP contribution in [-0.4, -0.2) is 126 Å². The van der Waals surface area contributed by atoms with Gasteiger partial charge in [-0.2, -0.15) is 16.8 Å². The maximum atomic E-state index is 11.5. The molecule has 2 saturated heterocycles. The van der Waals surface area contributed by atoms with Gasteiger partial charge >= 0.3 is 20.8 Å². The molecule has 0 aromatic heterocycles. The van der Waals surface area contributed by atoms with Gasteiger partial charge in [0.15, 0.2) is 18.7 Å². The minimum Gasteiger partial charge on any atom is -0.862 e. The van der Waals surface area contributed by atoms with E-state index >= 15 is 0 Å². The quantitative estimate of drug-likeness (QED) is 0.0873. The molecule has 204 valence electrons. The average Bonchev–Trinajstić information content (AvgIpc) is 2.69. The fourth-order valence-electron chi connectivity index (χ4n) is 3.25. The largest absolute Gasteiger partial charge is 0.862 e. The maximum absolute atomic E-state index is 11.5. The predicted octanol–water partition coefficient (Wildman–Crippen LogP) is -7.20. The number of aliphatic hydroxyl groups excluding tert-OH is 4. The van der Waals surface area contributed by atoms with Crippen LogP contribution >= 0.6 is 0 Å². The molecular weight excluding hydrogens is 534 g/mol. The number of nitrogens with zero attached hydrogens (tertiary/aromatic N) is 1. The molecule has 2 aliphatic heterocycles. The van der Waals surface area contributed by atoms with Crippen LogP contribution in [0.3, 0.4) is 0 Å². The first kappa shape index (κ1) is 29.6. The van der Waals surface area contributed by atoms with Crippen LogP contribution in [0.15, 0.2) is 4.99 Å². The van der Waals surface area contributed by atoms with Gasteiger partial charge in [0.2, 0.25) is 0 Å². The van der Waals surface area contributed by atoms with Crippen LogP contribution in [0.2, 0.25) is 0 Å². The molecule has 0 radical (unpaired) electrons. The highest BCUT2D eigenvalue weighted by Gasteiger charge is 2.52. The molecule has 0 aromatic carbocycles. The third-order valence-electron chi connectivity index (χ3n) is 4.68. The molecule has 0 saturated carbocycles. The summed E-state index contributed by atoms with van der Waals surface area (Å²) in [6, 6.07) is -1.85. The van der Waals surface area contributed by atoms with Gasteiger partial charge in [-0.3, -0.25) is 14.1 Å².